The largest absolute Gasteiger partial charge is 0.507 e. The molecule has 156 valence electrons. The van der Waals surface area contributed by atoms with Crippen LogP contribution in [0.15, 0.2) is 73.3 Å². The Kier molecular flexibility index (Phi) is 4.75. The van der Waals surface area contributed by atoms with Gasteiger partial charge in [0.1, 0.15) is 11.5 Å². The van der Waals surface area contributed by atoms with Crippen LogP contribution in [-0.4, -0.2) is 30.1 Å². The summed E-state index contributed by atoms with van der Waals surface area (Å²) >= 11 is 0. The first-order valence-electron chi connectivity index (χ1n) is 10.2. The minimum Gasteiger partial charge on any atom is -0.507 e. The summed E-state index contributed by atoms with van der Waals surface area (Å²) in [5.74, 6) is 0.298. The first-order valence-corrected chi connectivity index (χ1v) is 10.2. The van der Waals surface area contributed by atoms with Crippen molar-refractivity contribution in [1.29, 1.82) is 0 Å². The molecule has 4 bridgehead atoms. The lowest BCUT2D eigenvalue weighted by molar-refractivity contribution is 0.484. The zero-order chi connectivity index (χ0) is 22.2. The first kappa shape index (κ1) is 19.6. The second-order valence-corrected chi connectivity index (χ2v) is 7.77. The van der Waals surface area contributed by atoms with Crippen LogP contribution < -0.4 is 0 Å². The first-order chi connectivity index (χ1) is 15.5. The molecule has 2 N–H and O–H groups in total. The highest BCUT2D eigenvalue weighted by Gasteiger charge is 2.05. The van der Waals surface area contributed by atoms with E-state index in [1.54, 1.807) is 24.8 Å². The minimum atomic E-state index is 0.148. The number of rotatable bonds is 0. The van der Waals surface area contributed by atoms with E-state index in [2.05, 4.69) is 19.9 Å². The van der Waals surface area contributed by atoms with Crippen molar-refractivity contribution in [1.82, 2.24) is 19.9 Å². The Bertz CT molecular complexity index is 1630. The molecule has 8 rings (SSSR count). The number of para-hydroxylation sites is 1. The van der Waals surface area contributed by atoms with Crippen LogP contribution in [0.3, 0.4) is 0 Å². The summed E-state index contributed by atoms with van der Waals surface area (Å²) in [4.78, 5) is 18.1. The highest BCUT2D eigenvalue weighted by Crippen LogP contribution is 2.31. The standard InChI is InChI=1S/C26H20N4O2/c1-15-6-7-21-23(8-15)29-13-19-10-20(26(19)32)14-30-24-16(2)4-3-5-22(24)28-12-18-9-17(11-27-21)25(18)31/h3-14,31-32H,1-2H3. The van der Waals surface area contributed by atoms with Gasteiger partial charge in [-0.1, -0.05) is 18.2 Å². The lowest BCUT2D eigenvalue weighted by Crippen LogP contribution is -1.84. The fourth-order valence-corrected chi connectivity index (χ4v) is 3.49. The second-order valence-electron chi connectivity index (χ2n) is 7.77. The topological polar surface area (TPSA) is 92.0 Å². The molecule has 0 saturated heterocycles. The lowest BCUT2D eigenvalue weighted by atomic mass is 10.1. The molecule has 4 heterocycles. The van der Waals surface area contributed by atoms with E-state index in [9.17, 15) is 10.2 Å². The number of aromatic nitrogens is 4. The van der Waals surface area contributed by atoms with Crippen molar-refractivity contribution in [3.8, 4) is 11.5 Å². The zero-order valence-corrected chi connectivity index (χ0v) is 17.6. The van der Waals surface area contributed by atoms with E-state index in [-0.39, 0.29) is 11.5 Å². The van der Waals surface area contributed by atoms with Crippen molar-refractivity contribution in [3.63, 3.8) is 0 Å². The van der Waals surface area contributed by atoms with Gasteiger partial charge in [0, 0.05) is 46.3 Å². The van der Waals surface area contributed by atoms with Gasteiger partial charge in [0.15, 0.2) is 0 Å². The monoisotopic (exact) mass is 420 g/mol. The van der Waals surface area contributed by atoms with E-state index in [4.69, 9.17) is 0 Å². The van der Waals surface area contributed by atoms with Crippen molar-refractivity contribution < 1.29 is 10.2 Å². The quantitative estimate of drug-likeness (QED) is 0.339. The van der Waals surface area contributed by atoms with Gasteiger partial charge >= 0.3 is 0 Å². The van der Waals surface area contributed by atoms with E-state index in [1.165, 1.54) is 0 Å². The van der Waals surface area contributed by atoms with Gasteiger partial charge in [0.2, 0.25) is 0 Å². The Morgan fingerprint density at radius 1 is 0.562 bits per heavy atom. The molecule has 0 aliphatic carbocycles. The van der Waals surface area contributed by atoms with E-state index >= 15 is 0 Å². The fourth-order valence-electron chi connectivity index (χ4n) is 3.49. The van der Waals surface area contributed by atoms with Gasteiger partial charge in [0.25, 0.3) is 0 Å². The van der Waals surface area contributed by atoms with Gasteiger partial charge in [-0.15, -0.1) is 0 Å². The molecule has 32 heavy (non-hydrogen) atoms. The summed E-state index contributed by atoms with van der Waals surface area (Å²) in [7, 11) is 0. The zero-order valence-electron chi connectivity index (χ0n) is 17.6. The predicted octanol–water partition coefficient (Wildman–Crippen LogP) is 5.59. The molecule has 0 aliphatic rings. The Morgan fingerprint density at radius 3 is 1.75 bits per heavy atom. The highest BCUT2D eigenvalue weighted by molar-refractivity contribution is 5.91. The van der Waals surface area contributed by atoms with E-state index in [1.807, 2.05) is 62.4 Å². The number of hydrogen-bond donors (Lipinski definition) is 2. The van der Waals surface area contributed by atoms with Crippen LogP contribution in [-0.2, 0) is 0 Å². The highest BCUT2D eigenvalue weighted by atomic mass is 16.3. The van der Waals surface area contributed by atoms with E-state index < -0.39 is 0 Å². The number of hydrogen-bond acceptors (Lipinski definition) is 6. The second kappa shape index (κ2) is 7.74. The van der Waals surface area contributed by atoms with Crippen molar-refractivity contribution >= 4 is 43.6 Å². The molecule has 0 radical (unpaired) electrons. The number of nitrogens with zero attached hydrogens (tertiary/aromatic N) is 4. The Morgan fingerprint density at radius 2 is 1.12 bits per heavy atom. The lowest BCUT2D eigenvalue weighted by Gasteiger charge is -2.03. The smallest absolute Gasteiger partial charge is 0.133 e. The Balaban J connectivity index is 1.84. The van der Waals surface area contributed by atoms with Crippen LogP contribution in [0.25, 0.3) is 43.6 Å². The molecule has 4 aromatic carbocycles. The maximum absolute atomic E-state index is 10.4. The third-order valence-electron chi connectivity index (χ3n) is 5.42. The summed E-state index contributed by atoms with van der Waals surface area (Å²) in [6, 6.07) is 15.1. The third-order valence-corrected chi connectivity index (χ3v) is 5.42. The number of aromatic hydroxyl groups is 2. The molecule has 6 heteroatoms. The van der Waals surface area contributed by atoms with Crippen LogP contribution in [0.5, 0.6) is 11.5 Å². The molecule has 0 fully saturated rings. The molecule has 6 nitrogen and oxygen atoms in total. The average Bonchev–Trinajstić information content (AvgIpc) is 2.78. The summed E-state index contributed by atoms with van der Waals surface area (Å²) in [5.41, 5.74) is 4.72. The van der Waals surface area contributed by atoms with Crippen LogP contribution in [0.4, 0.5) is 0 Å². The minimum absolute atomic E-state index is 0.148. The van der Waals surface area contributed by atoms with E-state index in [0.717, 1.165) is 11.1 Å². The molecule has 0 unspecified atom stereocenters. The summed E-state index contributed by atoms with van der Waals surface area (Å²) in [6.45, 7) is 3.93. The van der Waals surface area contributed by atoms with Gasteiger partial charge < -0.3 is 10.2 Å². The normalized spacial score (nSPS) is 11.1. The van der Waals surface area contributed by atoms with Gasteiger partial charge in [-0.2, -0.15) is 0 Å². The van der Waals surface area contributed by atoms with Gasteiger partial charge in [-0.3, -0.25) is 19.9 Å². The van der Waals surface area contributed by atoms with Crippen LogP contribution in [0, 0.1) is 13.8 Å². The van der Waals surface area contributed by atoms with Crippen molar-refractivity contribution in [2.24, 2.45) is 0 Å². The number of benzene rings is 2. The molecular formula is C26H20N4O2. The van der Waals surface area contributed by atoms with Crippen LogP contribution >= 0.6 is 0 Å². The third kappa shape index (κ3) is 3.52. The Labute approximate surface area is 183 Å². The molecule has 0 atom stereocenters. The van der Waals surface area contributed by atoms with Gasteiger partial charge in [0.05, 0.1) is 22.1 Å². The average molecular weight is 420 g/mol. The van der Waals surface area contributed by atoms with Crippen LogP contribution in [0.1, 0.15) is 11.1 Å². The molecule has 0 aliphatic heterocycles. The molecular weight excluding hydrogens is 400 g/mol. The number of aryl methyl sites for hydroxylation is 2. The summed E-state index contributed by atoms with van der Waals surface area (Å²) in [6.07, 6.45) is 6.46. The SMILES string of the molecule is Cc1ccc2ncc3cc(cnc4cccc(C)c4ncc4cc(cnc2c1)c4O)c3O. The van der Waals surface area contributed by atoms with Gasteiger partial charge in [-0.25, -0.2) is 0 Å². The molecule has 0 saturated carbocycles. The Hall–Kier alpha value is -4.32. The molecule has 8 aromatic rings. The maximum atomic E-state index is 10.4. The molecule has 0 amide bonds. The van der Waals surface area contributed by atoms with Crippen LogP contribution in [0.2, 0.25) is 0 Å². The van der Waals surface area contributed by atoms with Gasteiger partial charge in [-0.05, 0) is 55.3 Å². The van der Waals surface area contributed by atoms with E-state index in [0.29, 0.717) is 43.6 Å². The van der Waals surface area contributed by atoms with Crippen molar-refractivity contribution in [2.45, 2.75) is 13.8 Å². The maximum Gasteiger partial charge on any atom is 0.133 e. The molecule has 0 spiro atoms. The summed E-state index contributed by atoms with van der Waals surface area (Å²) in [5, 5.41) is 23.3. The summed E-state index contributed by atoms with van der Waals surface area (Å²) < 4.78 is 0. The predicted molar refractivity (Wildman–Crippen MR) is 127 cm³/mol. The molecule has 4 aromatic heterocycles. The van der Waals surface area contributed by atoms with Crippen molar-refractivity contribution in [3.05, 3.63) is 84.4 Å². The van der Waals surface area contributed by atoms with Crippen molar-refractivity contribution in [2.75, 3.05) is 0 Å². The fraction of sp³-hybridized carbons (Fsp3) is 0.0769.